The van der Waals surface area contributed by atoms with Crippen molar-refractivity contribution in [1.29, 1.82) is 0 Å². The molecule has 14 heavy (non-hydrogen) atoms. The smallest absolute Gasteiger partial charge is 0.0107 e. The van der Waals surface area contributed by atoms with Gasteiger partial charge in [-0.25, -0.2) is 0 Å². The maximum Gasteiger partial charge on any atom is 0.0107 e. The number of rotatable bonds is 3. The largest absolute Gasteiger partial charge is 0.330 e. The third-order valence-corrected chi connectivity index (χ3v) is 4.05. The molecule has 0 radical (unpaired) electrons. The lowest BCUT2D eigenvalue weighted by Crippen LogP contribution is -2.03. The summed E-state index contributed by atoms with van der Waals surface area (Å²) in [4.78, 5) is 1.48. The molecule has 1 aliphatic rings. The Bertz CT molecular complexity index is 322. The minimum atomic E-state index is 0.749. The van der Waals surface area contributed by atoms with E-state index >= 15 is 0 Å². The molecular weight excluding hydrogens is 190 g/mol. The van der Waals surface area contributed by atoms with Crippen LogP contribution in [0.2, 0.25) is 0 Å². The van der Waals surface area contributed by atoms with Gasteiger partial charge in [-0.3, -0.25) is 0 Å². The molecule has 1 unspecified atom stereocenters. The molecule has 1 heterocycles. The van der Waals surface area contributed by atoms with Crippen molar-refractivity contribution in [2.75, 3.05) is 12.3 Å². The summed E-state index contributed by atoms with van der Waals surface area (Å²) >= 11 is 1.99. The minimum Gasteiger partial charge on any atom is -0.330 e. The SMILES string of the molecule is Cc1ccc2c(c1)C(CCCN)CS2. The Morgan fingerprint density at radius 3 is 3.14 bits per heavy atom. The fourth-order valence-corrected chi connectivity index (χ4v) is 3.29. The summed E-state index contributed by atoms with van der Waals surface area (Å²) in [6.07, 6.45) is 2.40. The van der Waals surface area contributed by atoms with Crippen molar-refractivity contribution in [3.63, 3.8) is 0 Å². The Labute approximate surface area is 90.1 Å². The van der Waals surface area contributed by atoms with Crippen LogP contribution in [0.1, 0.15) is 29.9 Å². The maximum absolute atomic E-state index is 5.55. The highest BCUT2D eigenvalue weighted by Crippen LogP contribution is 2.41. The monoisotopic (exact) mass is 207 g/mol. The molecular formula is C12H17NS. The highest BCUT2D eigenvalue weighted by molar-refractivity contribution is 7.99. The number of hydrogen-bond acceptors (Lipinski definition) is 2. The van der Waals surface area contributed by atoms with E-state index in [0.717, 1.165) is 18.9 Å². The zero-order valence-electron chi connectivity index (χ0n) is 8.62. The van der Waals surface area contributed by atoms with Crippen LogP contribution in [0.3, 0.4) is 0 Å². The van der Waals surface area contributed by atoms with Crippen molar-refractivity contribution in [2.24, 2.45) is 5.73 Å². The molecule has 1 aliphatic heterocycles. The van der Waals surface area contributed by atoms with Crippen molar-refractivity contribution in [1.82, 2.24) is 0 Å². The van der Waals surface area contributed by atoms with Gasteiger partial charge in [0.2, 0.25) is 0 Å². The lowest BCUT2D eigenvalue weighted by Gasteiger charge is -2.09. The topological polar surface area (TPSA) is 26.0 Å². The molecule has 0 bridgehead atoms. The quantitative estimate of drug-likeness (QED) is 0.824. The van der Waals surface area contributed by atoms with Crippen LogP contribution in [0.15, 0.2) is 23.1 Å². The van der Waals surface area contributed by atoms with Crippen molar-refractivity contribution < 1.29 is 0 Å². The Kier molecular flexibility index (Phi) is 3.14. The van der Waals surface area contributed by atoms with E-state index in [-0.39, 0.29) is 0 Å². The van der Waals surface area contributed by atoms with Crippen LogP contribution < -0.4 is 5.73 Å². The molecule has 1 aromatic rings. The molecule has 0 spiro atoms. The van der Waals surface area contributed by atoms with Crippen LogP contribution in [-0.2, 0) is 0 Å². The third kappa shape index (κ3) is 1.96. The summed E-state index contributed by atoms with van der Waals surface area (Å²) in [5.74, 6) is 2.00. The molecule has 0 amide bonds. The lowest BCUT2D eigenvalue weighted by atomic mass is 9.95. The van der Waals surface area contributed by atoms with Gasteiger partial charge in [-0.15, -0.1) is 11.8 Å². The summed E-state index contributed by atoms with van der Waals surface area (Å²) in [6.45, 7) is 2.99. The van der Waals surface area contributed by atoms with E-state index < -0.39 is 0 Å². The van der Waals surface area contributed by atoms with Gasteiger partial charge in [0.25, 0.3) is 0 Å². The predicted molar refractivity (Wildman–Crippen MR) is 62.9 cm³/mol. The number of aryl methyl sites for hydroxylation is 1. The van der Waals surface area contributed by atoms with E-state index in [0.29, 0.717) is 0 Å². The van der Waals surface area contributed by atoms with E-state index in [1.54, 1.807) is 5.56 Å². The van der Waals surface area contributed by atoms with Crippen LogP contribution in [0, 0.1) is 6.92 Å². The molecule has 0 fully saturated rings. The summed E-state index contributed by atoms with van der Waals surface area (Å²) in [7, 11) is 0. The Morgan fingerprint density at radius 1 is 1.50 bits per heavy atom. The van der Waals surface area contributed by atoms with Gasteiger partial charge >= 0.3 is 0 Å². The molecule has 0 saturated heterocycles. The molecule has 0 aliphatic carbocycles. The summed E-state index contributed by atoms with van der Waals surface area (Å²) in [5, 5.41) is 0. The molecule has 2 heteroatoms. The van der Waals surface area contributed by atoms with Gasteiger partial charge in [0.05, 0.1) is 0 Å². The van der Waals surface area contributed by atoms with Crippen molar-refractivity contribution in [3.8, 4) is 0 Å². The second-order valence-corrected chi connectivity index (χ2v) is 5.04. The van der Waals surface area contributed by atoms with E-state index in [4.69, 9.17) is 5.73 Å². The third-order valence-electron chi connectivity index (χ3n) is 2.80. The summed E-state index contributed by atoms with van der Waals surface area (Å²) < 4.78 is 0. The highest BCUT2D eigenvalue weighted by Gasteiger charge is 2.22. The van der Waals surface area contributed by atoms with Gasteiger partial charge < -0.3 is 5.73 Å². The molecule has 76 valence electrons. The first-order chi connectivity index (χ1) is 6.81. The van der Waals surface area contributed by atoms with Crippen LogP contribution in [0.5, 0.6) is 0 Å². The van der Waals surface area contributed by atoms with Gasteiger partial charge in [-0.05, 0) is 43.9 Å². The minimum absolute atomic E-state index is 0.749. The summed E-state index contributed by atoms with van der Waals surface area (Å²) in [5.41, 5.74) is 8.49. The van der Waals surface area contributed by atoms with Gasteiger partial charge in [-0.2, -0.15) is 0 Å². The maximum atomic E-state index is 5.55. The van der Waals surface area contributed by atoms with Crippen molar-refractivity contribution >= 4 is 11.8 Å². The van der Waals surface area contributed by atoms with E-state index in [9.17, 15) is 0 Å². The van der Waals surface area contributed by atoms with E-state index in [1.165, 1.54) is 22.6 Å². The highest BCUT2D eigenvalue weighted by atomic mass is 32.2. The van der Waals surface area contributed by atoms with E-state index in [2.05, 4.69) is 25.1 Å². The number of benzene rings is 1. The average molecular weight is 207 g/mol. The van der Waals surface area contributed by atoms with Crippen LogP contribution >= 0.6 is 11.8 Å². The second-order valence-electron chi connectivity index (χ2n) is 3.98. The molecule has 1 aromatic carbocycles. The summed E-state index contributed by atoms with van der Waals surface area (Å²) in [6, 6.07) is 6.81. The van der Waals surface area contributed by atoms with Gasteiger partial charge in [0, 0.05) is 10.6 Å². The van der Waals surface area contributed by atoms with E-state index in [1.807, 2.05) is 11.8 Å². The molecule has 0 saturated carbocycles. The fourth-order valence-electron chi connectivity index (χ4n) is 2.00. The first kappa shape index (κ1) is 10.1. The molecule has 2 N–H and O–H groups in total. The van der Waals surface area contributed by atoms with Gasteiger partial charge in [0.15, 0.2) is 0 Å². The first-order valence-electron chi connectivity index (χ1n) is 5.24. The molecule has 0 aromatic heterocycles. The number of fused-ring (bicyclic) bond motifs is 1. The van der Waals surface area contributed by atoms with Crippen LogP contribution in [-0.4, -0.2) is 12.3 Å². The first-order valence-corrected chi connectivity index (χ1v) is 6.23. The van der Waals surface area contributed by atoms with Crippen LogP contribution in [0.25, 0.3) is 0 Å². The standard InChI is InChI=1S/C12H17NS/c1-9-4-5-12-11(7-9)10(8-14-12)3-2-6-13/h4-5,7,10H,2-3,6,8,13H2,1H3. The molecule has 1 atom stereocenters. The Hall–Kier alpha value is -0.470. The number of hydrogen-bond donors (Lipinski definition) is 1. The molecule has 2 rings (SSSR count). The average Bonchev–Trinajstić information content (AvgIpc) is 2.57. The number of nitrogens with two attached hydrogens (primary N) is 1. The van der Waals surface area contributed by atoms with Gasteiger partial charge in [0.1, 0.15) is 0 Å². The Balaban J connectivity index is 2.16. The number of thioether (sulfide) groups is 1. The fraction of sp³-hybridized carbons (Fsp3) is 0.500. The predicted octanol–water partition coefficient (Wildman–Crippen LogP) is 2.92. The molecule has 1 nitrogen and oxygen atoms in total. The second kappa shape index (κ2) is 4.37. The lowest BCUT2D eigenvalue weighted by molar-refractivity contribution is 0.649. The van der Waals surface area contributed by atoms with Crippen molar-refractivity contribution in [3.05, 3.63) is 29.3 Å². The van der Waals surface area contributed by atoms with Gasteiger partial charge in [-0.1, -0.05) is 17.7 Å². The zero-order chi connectivity index (χ0) is 9.97. The zero-order valence-corrected chi connectivity index (χ0v) is 9.44. The normalized spacial score (nSPS) is 19.7. The Morgan fingerprint density at radius 2 is 2.36 bits per heavy atom. The van der Waals surface area contributed by atoms with Crippen LogP contribution in [0.4, 0.5) is 0 Å². The van der Waals surface area contributed by atoms with Crippen molar-refractivity contribution in [2.45, 2.75) is 30.6 Å².